The molecule has 2 atom stereocenters. The lowest BCUT2D eigenvalue weighted by atomic mass is 9.90. The highest BCUT2D eigenvalue weighted by Crippen LogP contribution is 2.21. The fourth-order valence-electron chi connectivity index (χ4n) is 1.34. The highest BCUT2D eigenvalue weighted by molar-refractivity contribution is 7.09. The first-order valence-corrected chi connectivity index (χ1v) is 5.98. The highest BCUT2D eigenvalue weighted by atomic mass is 32.1. The molecule has 0 unspecified atom stereocenters. The van der Waals surface area contributed by atoms with E-state index in [2.05, 4.69) is 24.9 Å². The van der Waals surface area contributed by atoms with Gasteiger partial charge >= 0.3 is 0 Å². The molecule has 0 spiro atoms. The standard InChI is InChI=1S/C12H17NOS/c1-8(10(3)9(2)6-14)5-12-7-15-11(4)13-12/h5-7,9-10H,1-4H3/b8-5+/t9-,10+/m0/s1. The van der Waals surface area contributed by atoms with Crippen molar-refractivity contribution in [3.8, 4) is 0 Å². The molecule has 0 radical (unpaired) electrons. The molecule has 0 aliphatic carbocycles. The van der Waals surface area contributed by atoms with E-state index >= 15 is 0 Å². The Bertz CT molecular complexity index is 367. The number of rotatable bonds is 4. The van der Waals surface area contributed by atoms with E-state index < -0.39 is 0 Å². The van der Waals surface area contributed by atoms with Gasteiger partial charge in [-0.05, 0) is 25.8 Å². The van der Waals surface area contributed by atoms with Gasteiger partial charge in [0.2, 0.25) is 0 Å². The summed E-state index contributed by atoms with van der Waals surface area (Å²) in [7, 11) is 0. The van der Waals surface area contributed by atoms with Gasteiger partial charge < -0.3 is 4.79 Å². The van der Waals surface area contributed by atoms with E-state index in [-0.39, 0.29) is 11.8 Å². The summed E-state index contributed by atoms with van der Waals surface area (Å²) in [4.78, 5) is 15.0. The molecule has 0 aromatic carbocycles. The van der Waals surface area contributed by atoms with Crippen molar-refractivity contribution in [3.63, 3.8) is 0 Å². The van der Waals surface area contributed by atoms with Crippen molar-refractivity contribution in [1.82, 2.24) is 4.98 Å². The maximum atomic E-state index is 10.7. The maximum absolute atomic E-state index is 10.7. The lowest BCUT2D eigenvalue weighted by molar-refractivity contribution is -0.111. The number of aryl methyl sites for hydroxylation is 1. The number of thiazole rings is 1. The van der Waals surface area contributed by atoms with Gasteiger partial charge in [0, 0.05) is 11.3 Å². The first kappa shape index (κ1) is 12.1. The fourth-order valence-corrected chi connectivity index (χ4v) is 1.91. The van der Waals surface area contributed by atoms with E-state index in [0.717, 1.165) is 17.0 Å². The van der Waals surface area contributed by atoms with E-state index in [0.29, 0.717) is 0 Å². The van der Waals surface area contributed by atoms with Crippen LogP contribution in [0.2, 0.25) is 0 Å². The minimum Gasteiger partial charge on any atom is -0.303 e. The summed E-state index contributed by atoms with van der Waals surface area (Å²) in [5.41, 5.74) is 2.21. The predicted molar refractivity (Wildman–Crippen MR) is 64.9 cm³/mol. The highest BCUT2D eigenvalue weighted by Gasteiger charge is 2.12. The Morgan fingerprint density at radius 2 is 2.20 bits per heavy atom. The van der Waals surface area contributed by atoms with Gasteiger partial charge in [-0.25, -0.2) is 4.98 Å². The van der Waals surface area contributed by atoms with Crippen molar-refractivity contribution >= 4 is 23.7 Å². The van der Waals surface area contributed by atoms with Gasteiger partial charge in [0.25, 0.3) is 0 Å². The summed E-state index contributed by atoms with van der Waals surface area (Å²) in [6, 6.07) is 0. The Morgan fingerprint density at radius 3 is 2.67 bits per heavy atom. The Morgan fingerprint density at radius 1 is 1.53 bits per heavy atom. The molecule has 1 heterocycles. The third kappa shape index (κ3) is 3.27. The van der Waals surface area contributed by atoms with Crippen molar-refractivity contribution in [2.45, 2.75) is 27.7 Å². The van der Waals surface area contributed by atoms with Gasteiger partial charge in [-0.3, -0.25) is 0 Å². The van der Waals surface area contributed by atoms with Crippen LogP contribution in [0.25, 0.3) is 6.08 Å². The molecular weight excluding hydrogens is 206 g/mol. The molecule has 0 amide bonds. The topological polar surface area (TPSA) is 30.0 Å². The molecule has 0 N–H and O–H groups in total. The Hall–Kier alpha value is -0.960. The van der Waals surface area contributed by atoms with Gasteiger partial charge in [0.1, 0.15) is 6.29 Å². The maximum Gasteiger partial charge on any atom is 0.123 e. The number of hydrogen-bond donors (Lipinski definition) is 0. The van der Waals surface area contributed by atoms with Crippen molar-refractivity contribution < 1.29 is 4.79 Å². The Labute approximate surface area is 95.0 Å². The van der Waals surface area contributed by atoms with E-state index in [1.807, 2.05) is 19.2 Å². The minimum atomic E-state index is 0.0704. The van der Waals surface area contributed by atoms with Crippen LogP contribution in [0.5, 0.6) is 0 Å². The van der Waals surface area contributed by atoms with Gasteiger partial charge in [0.15, 0.2) is 0 Å². The molecule has 0 aliphatic rings. The quantitative estimate of drug-likeness (QED) is 0.733. The average Bonchev–Trinajstić information content (AvgIpc) is 2.61. The first-order valence-electron chi connectivity index (χ1n) is 5.10. The van der Waals surface area contributed by atoms with Crippen LogP contribution < -0.4 is 0 Å². The van der Waals surface area contributed by atoms with E-state index in [1.54, 1.807) is 11.3 Å². The first-order chi connectivity index (χ1) is 7.04. The average molecular weight is 223 g/mol. The minimum absolute atomic E-state index is 0.0704. The third-order valence-electron chi connectivity index (χ3n) is 2.73. The lowest BCUT2D eigenvalue weighted by Crippen LogP contribution is -2.10. The number of carbonyl (C=O) groups is 1. The zero-order valence-corrected chi connectivity index (χ0v) is 10.5. The summed E-state index contributed by atoms with van der Waals surface area (Å²) in [6.45, 7) is 8.07. The zero-order valence-electron chi connectivity index (χ0n) is 9.65. The molecule has 15 heavy (non-hydrogen) atoms. The number of hydrogen-bond acceptors (Lipinski definition) is 3. The monoisotopic (exact) mass is 223 g/mol. The Kier molecular flexibility index (Phi) is 4.21. The molecule has 2 nitrogen and oxygen atoms in total. The Balaban J connectivity index is 2.79. The van der Waals surface area contributed by atoms with E-state index in [4.69, 9.17) is 0 Å². The van der Waals surface area contributed by atoms with Crippen LogP contribution in [-0.2, 0) is 4.79 Å². The molecule has 1 aromatic rings. The summed E-state index contributed by atoms with van der Waals surface area (Å²) < 4.78 is 0. The molecule has 3 heteroatoms. The molecule has 1 rings (SSSR count). The van der Waals surface area contributed by atoms with Crippen LogP contribution >= 0.6 is 11.3 Å². The van der Waals surface area contributed by atoms with Crippen LogP contribution in [-0.4, -0.2) is 11.3 Å². The van der Waals surface area contributed by atoms with Crippen molar-refractivity contribution in [2.24, 2.45) is 11.8 Å². The van der Waals surface area contributed by atoms with Crippen LogP contribution in [0, 0.1) is 18.8 Å². The summed E-state index contributed by atoms with van der Waals surface area (Å²) in [5, 5.41) is 3.11. The van der Waals surface area contributed by atoms with Crippen LogP contribution in [0.3, 0.4) is 0 Å². The molecular formula is C12H17NOS. The normalized spacial score (nSPS) is 16.1. The lowest BCUT2D eigenvalue weighted by Gasteiger charge is -2.14. The van der Waals surface area contributed by atoms with Crippen LogP contribution in [0.4, 0.5) is 0 Å². The van der Waals surface area contributed by atoms with Crippen molar-refractivity contribution in [2.75, 3.05) is 0 Å². The smallest absolute Gasteiger partial charge is 0.123 e. The zero-order chi connectivity index (χ0) is 11.4. The number of aldehydes is 1. The predicted octanol–water partition coefficient (Wildman–Crippen LogP) is 3.33. The fraction of sp³-hybridized carbons (Fsp3) is 0.500. The SMILES string of the molecule is C/C(=C\c1csc(C)n1)[C@@H](C)[C@@H](C)C=O. The van der Waals surface area contributed by atoms with Gasteiger partial charge in [-0.15, -0.1) is 11.3 Å². The molecule has 0 saturated heterocycles. The summed E-state index contributed by atoms with van der Waals surface area (Å²) in [6.07, 6.45) is 3.07. The van der Waals surface area contributed by atoms with Crippen molar-refractivity contribution in [1.29, 1.82) is 0 Å². The largest absolute Gasteiger partial charge is 0.303 e. The molecule has 0 saturated carbocycles. The number of allylic oxidation sites excluding steroid dienone is 1. The second-order valence-corrected chi connectivity index (χ2v) is 5.03. The van der Waals surface area contributed by atoms with E-state index in [9.17, 15) is 4.79 Å². The van der Waals surface area contributed by atoms with Crippen LogP contribution in [0.15, 0.2) is 11.0 Å². The molecule has 0 aliphatic heterocycles. The van der Waals surface area contributed by atoms with E-state index in [1.165, 1.54) is 5.57 Å². The second-order valence-electron chi connectivity index (χ2n) is 3.96. The number of carbonyl (C=O) groups excluding carboxylic acids is 1. The summed E-state index contributed by atoms with van der Waals surface area (Å²) >= 11 is 1.65. The number of aromatic nitrogens is 1. The second kappa shape index (κ2) is 5.21. The van der Waals surface area contributed by atoms with Gasteiger partial charge in [0.05, 0.1) is 10.7 Å². The third-order valence-corrected chi connectivity index (χ3v) is 3.53. The summed E-state index contributed by atoms with van der Waals surface area (Å²) in [5.74, 6) is 0.352. The van der Waals surface area contributed by atoms with Gasteiger partial charge in [-0.2, -0.15) is 0 Å². The van der Waals surface area contributed by atoms with Crippen LogP contribution in [0.1, 0.15) is 31.5 Å². The molecule has 82 valence electrons. The molecule has 0 bridgehead atoms. The molecule has 1 aromatic heterocycles. The molecule has 0 fully saturated rings. The number of nitrogens with zero attached hydrogens (tertiary/aromatic N) is 1. The van der Waals surface area contributed by atoms with Crippen molar-refractivity contribution in [3.05, 3.63) is 21.7 Å². The van der Waals surface area contributed by atoms with Gasteiger partial charge in [-0.1, -0.05) is 19.4 Å².